The zero-order valence-corrected chi connectivity index (χ0v) is 12.9. The molecule has 0 atom stereocenters. The molecule has 4 rings (SSSR count). The van der Waals surface area contributed by atoms with Gasteiger partial charge >= 0.3 is 0 Å². The lowest BCUT2D eigenvalue weighted by atomic mass is 10.2. The lowest BCUT2D eigenvalue weighted by Crippen LogP contribution is -2.00. The summed E-state index contributed by atoms with van der Waals surface area (Å²) in [5.41, 5.74) is 13.3. The fourth-order valence-electron chi connectivity index (χ4n) is 2.44. The van der Waals surface area contributed by atoms with Gasteiger partial charge in [-0.1, -0.05) is 36.0 Å². The number of nitrogen functional groups attached to an aromatic ring is 2. The number of anilines is 2. The first kappa shape index (κ1) is 13.8. The summed E-state index contributed by atoms with van der Waals surface area (Å²) >= 11 is 1.58. The normalized spacial score (nSPS) is 11.1. The third-order valence-electron chi connectivity index (χ3n) is 3.51. The van der Waals surface area contributed by atoms with Crippen molar-refractivity contribution in [2.45, 2.75) is 9.92 Å². The summed E-state index contributed by atoms with van der Waals surface area (Å²) in [6, 6.07) is 18.0. The first-order valence-electron chi connectivity index (χ1n) is 7.05. The van der Waals surface area contributed by atoms with Crippen molar-refractivity contribution in [1.29, 1.82) is 0 Å². The van der Waals surface area contributed by atoms with Crippen molar-refractivity contribution >= 4 is 45.3 Å². The molecular formula is C17H13N5S. The van der Waals surface area contributed by atoms with Crippen molar-refractivity contribution in [3.05, 3.63) is 54.6 Å². The maximum atomic E-state index is 5.94. The molecule has 0 spiro atoms. The van der Waals surface area contributed by atoms with E-state index in [2.05, 4.69) is 27.1 Å². The Bertz CT molecular complexity index is 1030. The van der Waals surface area contributed by atoms with E-state index in [1.807, 2.05) is 42.5 Å². The summed E-state index contributed by atoms with van der Waals surface area (Å²) < 4.78 is 0. The van der Waals surface area contributed by atoms with Crippen molar-refractivity contribution in [2.24, 2.45) is 0 Å². The predicted molar refractivity (Wildman–Crippen MR) is 94.2 cm³/mol. The van der Waals surface area contributed by atoms with Gasteiger partial charge in [0.2, 0.25) is 5.95 Å². The standard InChI is InChI=1S/C17H13N5S/c18-16-12-9-11(6-7-14(12)21-17(19)22-16)23-15-8-5-10-3-1-2-4-13(10)20-15/h1-9H,(H4,18,19,21,22). The number of nitrogens with zero attached hydrogens (tertiary/aromatic N) is 3. The minimum atomic E-state index is 0.187. The Balaban J connectivity index is 1.73. The zero-order chi connectivity index (χ0) is 15.8. The molecule has 4 aromatic rings. The molecule has 0 amide bonds. The maximum absolute atomic E-state index is 5.94. The van der Waals surface area contributed by atoms with E-state index in [0.29, 0.717) is 5.82 Å². The van der Waals surface area contributed by atoms with E-state index in [9.17, 15) is 0 Å². The van der Waals surface area contributed by atoms with Crippen molar-refractivity contribution in [3.8, 4) is 0 Å². The SMILES string of the molecule is Nc1nc(N)c2cc(Sc3ccc4ccccc4n3)ccc2n1. The van der Waals surface area contributed by atoms with Gasteiger partial charge in [-0.15, -0.1) is 0 Å². The molecule has 6 heteroatoms. The van der Waals surface area contributed by atoms with Crippen LogP contribution in [0.25, 0.3) is 21.8 Å². The maximum Gasteiger partial charge on any atom is 0.222 e. The average Bonchev–Trinajstić information content (AvgIpc) is 2.55. The minimum absolute atomic E-state index is 0.187. The number of hydrogen-bond acceptors (Lipinski definition) is 6. The number of benzene rings is 2. The molecule has 5 nitrogen and oxygen atoms in total. The van der Waals surface area contributed by atoms with E-state index in [1.54, 1.807) is 11.8 Å². The Labute approximate surface area is 136 Å². The molecule has 4 N–H and O–H groups in total. The molecule has 2 aromatic heterocycles. The largest absolute Gasteiger partial charge is 0.383 e. The molecule has 0 bridgehead atoms. The molecule has 2 aromatic carbocycles. The molecule has 0 saturated carbocycles. The van der Waals surface area contributed by atoms with Crippen LogP contribution in [-0.4, -0.2) is 15.0 Å². The Morgan fingerprint density at radius 2 is 1.65 bits per heavy atom. The van der Waals surface area contributed by atoms with Crippen LogP contribution in [0.2, 0.25) is 0 Å². The van der Waals surface area contributed by atoms with E-state index < -0.39 is 0 Å². The first-order chi connectivity index (χ1) is 11.2. The number of hydrogen-bond donors (Lipinski definition) is 2. The Morgan fingerprint density at radius 3 is 2.57 bits per heavy atom. The van der Waals surface area contributed by atoms with Crippen molar-refractivity contribution in [3.63, 3.8) is 0 Å². The highest BCUT2D eigenvalue weighted by Gasteiger charge is 2.06. The van der Waals surface area contributed by atoms with Gasteiger partial charge in [0.05, 0.1) is 11.0 Å². The molecule has 0 fully saturated rings. The van der Waals surface area contributed by atoms with Crippen LogP contribution in [0.5, 0.6) is 0 Å². The Morgan fingerprint density at radius 1 is 0.783 bits per heavy atom. The van der Waals surface area contributed by atoms with Crippen LogP contribution in [0.1, 0.15) is 0 Å². The van der Waals surface area contributed by atoms with Crippen LogP contribution in [0, 0.1) is 0 Å². The fraction of sp³-hybridized carbons (Fsp3) is 0. The molecular weight excluding hydrogens is 306 g/mol. The lowest BCUT2D eigenvalue weighted by Gasteiger charge is -2.06. The van der Waals surface area contributed by atoms with Crippen LogP contribution in [0.15, 0.2) is 64.5 Å². The van der Waals surface area contributed by atoms with Gasteiger partial charge in [-0.3, -0.25) is 0 Å². The number of fused-ring (bicyclic) bond motifs is 2. The highest BCUT2D eigenvalue weighted by molar-refractivity contribution is 7.99. The molecule has 112 valence electrons. The second kappa shape index (κ2) is 5.40. The van der Waals surface area contributed by atoms with Gasteiger partial charge in [0, 0.05) is 15.7 Å². The molecule has 0 radical (unpaired) electrons. The highest BCUT2D eigenvalue weighted by atomic mass is 32.2. The van der Waals surface area contributed by atoms with Crippen LogP contribution < -0.4 is 11.5 Å². The molecule has 0 aliphatic heterocycles. The van der Waals surface area contributed by atoms with Crippen LogP contribution in [-0.2, 0) is 0 Å². The second-order valence-electron chi connectivity index (χ2n) is 5.09. The topological polar surface area (TPSA) is 90.7 Å². The number of para-hydroxylation sites is 1. The summed E-state index contributed by atoms with van der Waals surface area (Å²) in [5, 5.41) is 2.85. The third-order valence-corrected chi connectivity index (χ3v) is 4.44. The summed E-state index contributed by atoms with van der Waals surface area (Å²) in [4.78, 5) is 13.9. The molecule has 0 aliphatic carbocycles. The summed E-state index contributed by atoms with van der Waals surface area (Å²) in [6.45, 7) is 0. The van der Waals surface area contributed by atoms with E-state index in [4.69, 9.17) is 11.5 Å². The van der Waals surface area contributed by atoms with Gasteiger partial charge in [-0.05, 0) is 30.3 Å². The van der Waals surface area contributed by atoms with Crippen molar-refractivity contribution in [1.82, 2.24) is 15.0 Å². The smallest absolute Gasteiger partial charge is 0.222 e. The molecule has 23 heavy (non-hydrogen) atoms. The van der Waals surface area contributed by atoms with E-state index in [1.165, 1.54) is 0 Å². The van der Waals surface area contributed by atoms with Gasteiger partial charge in [-0.25, -0.2) is 9.97 Å². The predicted octanol–water partition coefficient (Wildman–Crippen LogP) is 3.49. The van der Waals surface area contributed by atoms with E-state index in [-0.39, 0.29) is 5.95 Å². The van der Waals surface area contributed by atoms with Crippen LogP contribution >= 0.6 is 11.8 Å². The number of aromatic nitrogens is 3. The Hall–Kier alpha value is -2.86. The van der Waals surface area contributed by atoms with Gasteiger partial charge in [0.15, 0.2) is 0 Å². The first-order valence-corrected chi connectivity index (χ1v) is 7.87. The monoisotopic (exact) mass is 319 g/mol. The Kier molecular flexibility index (Phi) is 3.24. The van der Waals surface area contributed by atoms with E-state index >= 15 is 0 Å². The van der Waals surface area contributed by atoms with Gasteiger partial charge in [0.1, 0.15) is 10.8 Å². The lowest BCUT2D eigenvalue weighted by molar-refractivity contribution is 1.18. The van der Waals surface area contributed by atoms with Crippen LogP contribution in [0.3, 0.4) is 0 Å². The fourth-order valence-corrected chi connectivity index (χ4v) is 3.27. The molecule has 0 unspecified atom stereocenters. The summed E-state index contributed by atoms with van der Waals surface area (Å²) in [7, 11) is 0. The highest BCUT2D eigenvalue weighted by Crippen LogP contribution is 2.31. The van der Waals surface area contributed by atoms with E-state index in [0.717, 1.165) is 31.7 Å². The molecule has 0 saturated heterocycles. The minimum Gasteiger partial charge on any atom is -0.383 e. The van der Waals surface area contributed by atoms with Gasteiger partial charge in [-0.2, -0.15) is 4.98 Å². The van der Waals surface area contributed by atoms with Crippen molar-refractivity contribution in [2.75, 3.05) is 11.5 Å². The van der Waals surface area contributed by atoms with Gasteiger partial charge in [0.25, 0.3) is 0 Å². The zero-order valence-electron chi connectivity index (χ0n) is 12.1. The van der Waals surface area contributed by atoms with Gasteiger partial charge < -0.3 is 11.5 Å². The number of nitrogens with two attached hydrogens (primary N) is 2. The average molecular weight is 319 g/mol. The third kappa shape index (κ3) is 2.64. The number of pyridine rings is 1. The number of rotatable bonds is 2. The summed E-state index contributed by atoms with van der Waals surface area (Å²) in [5.74, 6) is 0.577. The van der Waals surface area contributed by atoms with Crippen molar-refractivity contribution < 1.29 is 0 Å². The molecule has 2 heterocycles. The molecule has 0 aliphatic rings. The van der Waals surface area contributed by atoms with Crippen LogP contribution in [0.4, 0.5) is 11.8 Å². The summed E-state index contributed by atoms with van der Waals surface area (Å²) in [6.07, 6.45) is 0. The quantitative estimate of drug-likeness (QED) is 0.587. The second-order valence-corrected chi connectivity index (χ2v) is 6.18.